The maximum Gasteiger partial charge on any atom is 0.247 e. The van der Waals surface area contributed by atoms with E-state index in [-0.39, 0.29) is 5.15 Å². The van der Waals surface area contributed by atoms with Crippen molar-refractivity contribution >= 4 is 49.6 Å². The molecule has 0 bridgehead atoms. The molecule has 0 amide bonds. The fraction of sp³-hybridized carbons (Fsp3) is 0.263. The molecule has 3 heterocycles. The Morgan fingerprint density at radius 3 is 2.82 bits per heavy atom. The molecule has 1 unspecified atom stereocenters. The first-order valence-corrected chi connectivity index (χ1v) is 11.8. The minimum Gasteiger partial charge on any atom is -0.494 e. The van der Waals surface area contributed by atoms with Gasteiger partial charge < -0.3 is 4.74 Å². The number of hydrogen-bond donors (Lipinski definition) is 0. The minimum absolute atomic E-state index is 0.276. The summed E-state index contributed by atoms with van der Waals surface area (Å²) in [6.07, 6.45) is 1.59. The lowest BCUT2D eigenvalue weighted by Gasteiger charge is -2.22. The van der Waals surface area contributed by atoms with E-state index in [1.165, 1.54) is 11.3 Å². The molecule has 3 aromatic rings. The molecule has 0 saturated carbocycles. The standard InChI is InChI=1S/C19H18ClN3O3S2/c1-3-26-13-6-7-15-12(9-13)10-14(19(20)21-15)17-11-16(18-5-4-8-27-18)22-23(17)28(2,24)25/h4-10,17H,3,11H2,1-2H3. The second kappa shape index (κ2) is 7.35. The minimum atomic E-state index is -3.57. The first-order valence-electron chi connectivity index (χ1n) is 8.70. The van der Waals surface area contributed by atoms with Crippen LogP contribution in [0.15, 0.2) is 46.9 Å². The van der Waals surface area contributed by atoms with Gasteiger partial charge in [0.25, 0.3) is 0 Å². The lowest BCUT2D eigenvalue weighted by atomic mass is 10.0. The molecule has 2 aromatic heterocycles. The van der Waals surface area contributed by atoms with Crippen LogP contribution in [0.1, 0.15) is 29.8 Å². The van der Waals surface area contributed by atoms with E-state index in [1.807, 2.05) is 48.7 Å². The number of fused-ring (bicyclic) bond motifs is 1. The van der Waals surface area contributed by atoms with E-state index < -0.39 is 16.1 Å². The van der Waals surface area contributed by atoms with Gasteiger partial charge in [-0.3, -0.25) is 0 Å². The molecule has 9 heteroatoms. The largest absolute Gasteiger partial charge is 0.494 e. The van der Waals surface area contributed by atoms with Crippen molar-refractivity contribution in [3.8, 4) is 5.75 Å². The average molecular weight is 436 g/mol. The van der Waals surface area contributed by atoms with Crippen LogP contribution >= 0.6 is 22.9 Å². The summed E-state index contributed by atoms with van der Waals surface area (Å²) < 4.78 is 31.5. The molecule has 1 aromatic carbocycles. The van der Waals surface area contributed by atoms with Gasteiger partial charge in [0.15, 0.2) is 0 Å². The van der Waals surface area contributed by atoms with E-state index >= 15 is 0 Å². The van der Waals surface area contributed by atoms with Gasteiger partial charge in [-0.2, -0.15) is 9.52 Å². The third-order valence-electron chi connectivity index (χ3n) is 4.45. The number of sulfonamides is 1. The summed E-state index contributed by atoms with van der Waals surface area (Å²) in [5.41, 5.74) is 2.08. The van der Waals surface area contributed by atoms with Gasteiger partial charge in [0.1, 0.15) is 10.9 Å². The van der Waals surface area contributed by atoms with Crippen LogP contribution in [0.3, 0.4) is 0 Å². The predicted molar refractivity (Wildman–Crippen MR) is 113 cm³/mol. The summed E-state index contributed by atoms with van der Waals surface area (Å²) in [5.74, 6) is 0.729. The molecule has 0 fully saturated rings. The van der Waals surface area contributed by atoms with Gasteiger partial charge in [-0.15, -0.1) is 11.3 Å². The van der Waals surface area contributed by atoms with Gasteiger partial charge in [0.2, 0.25) is 10.0 Å². The first-order chi connectivity index (χ1) is 13.4. The zero-order valence-corrected chi connectivity index (χ0v) is 17.7. The number of hydrazone groups is 1. The van der Waals surface area contributed by atoms with Gasteiger partial charge in [-0.25, -0.2) is 13.4 Å². The van der Waals surface area contributed by atoms with Crippen LogP contribution in [0.5, 0.6) is 5.75 Å². The number of aromatic nitrogens is 1. The molecule has 0 spiro atoms. The van der Waals surface area contributed by atoms with Crippen molar-refractivity contribution in [1.82, 2.24) is 9.40 Å². The quantitative estimate of drug-likeness (QED) is 0.554. The number of ether oxygens (including phenoxy) is 1. The van der Waals surface area contributed by atoms with E-state index in [4.69, 9.17) is 16.3 Å². The van der Waals surface area contributed by atoms with Crippen molar-refractivity contribution in [1.29, 1.82) is 0 Å². The van der Waals surface area contributed by atoms with Crippen LogP contribution in [-0.2, 0) is 10.0 Å². The van der Waals surface area contributed by atoms with Crippen LogP contribution in [0.4, 0.5) is 0 Å². The Labute approximate surface area is 172 Å². The predicted octanol–water partition coefficient (Wildman–Crippen LogP) is 4.46. The van der Waals surface area contributed by atoms with Gasteiger partial charge in [0, 0.05) is 17.4 Å². The summed E-state index contributed by atoms with van der Waals surface area (Å²) in [7, 11) is -3.57. The van der Waals surface area contributed by atoms with Gasteiger partial charge in [-0.05, 0) is 42.6 Å². The number of benzene rings is 1. The Morgan fingerprint density at radius 1 is 1.32 bits per heavy atom. The maximum absolute atomic E-state index is 12.4. The molecule has 1 aliphatic rings. The normalized spacial score (nSPS) is 17.2. The molecule has 0 N–H and O–H groups in total. The molecule has 0 radical (unpaired) electrons. The van der Waals surface area contributed by atoms with Crippen molar-refractivity contribution in [2.75, 3.05) is 12.9 Å². The van der Waals surface area contributed by atoms with Crippen molar-refractivity contribution in [3.05, 3.63) is 57.4 Å². The molecule has 28 heavy (non-hydrogen) atoms. The number of pyridine rings is 1. The molecule has 1 aliphatic heterocycles. The molecular formula is C19H18ClN3O3S2. The molecular weight excluding hydrogens is 418 g/mol. The smallest absolute Gasteiger partial charge is 0.247 e. The van der Waals surface area contributed by atoms with Gasteiger partial charge in [0.05, 0.1) is 35.0 Å². The number of nitrogens with zero attached hydrogens (tertiary/aromatic N) is 3. The van der Waals surface area contributed by atoms with E-state index in [1.54, 1.807) is 0 Å². The van der Waals surface area contributed by atoms with Crippen molar-refractivity contribution < 1.29 is 13.2 Å². The number of rotatable bonds is 5. The molecule has 146 valence electrons. The number of hydrogen-bond acceptors (Lipinski definition) is 6. The summed E-state index contributed by atoms with van der Waals surface area (Å²) in [5, 5.41) is 7.44. The summed E-state index contributed by atoms with van der Waals surface area (Å²) in [4.78, 5) is 5.41. The highest BCUT2D eigenvalue weighted by atomic mass is 35.5. The van der Waals surface area contributed by atoms with E-state index in [9.17, 15) is 8.42 Å². The highest BCUT2D eigenvalue weighted by Crippen LogP contribution is 2.39. The van der Waals surface area contributed by atoms with Crippen molar-refractivity contribution in [2.45, 2.75) is 19.4 Å². The Balaban J connectivity index is 1.80. The van der Waals surface area contributed by atoms with E-state index in [0.29, 0.717) is 18.6 Å². The Morgan fingerprint density at radius 2 is 2.14 bits per heavy atom. The van der Waals surface area contributed by atoms with Crippen LogP contribution in [-0.4, -0.2) is 36.4 Å². The Kier molecular flexibility index (Phi) is 5.03. The highest BCUT2D eigenvalue weighted by molar-refractivity contribution is 7.88. The van der Waals surface area contributed by atoms with Gasteiger partial charge >= 0.3 is 0 Å². The molecule has 6 nitrogen and oxygen atoms in total. The maximum atomic E-state index is 12.4. The molecule has 1 atom stereocenters. The van der Waals surface area contributed by atoms with Crippen LogP contribution in [0.2, 0.25) is 5.15 Å². The Bertz CT molecular complexity index is 1160. The molecule has 4 rings (SSSR count). The first kappa shape index (κ1) is 19.2. The lowest BCUT2D eigenvalue weighted by Crippen LogP contribution is -2.26. The summed E-state index contributed by atoms with van der Waals surface area (Å²) >= 11 is 7.99. The number of halogens is 1. The summed E-state index contributed by atoms with van der Waals surface area (Å²) in [6, 6.07) is 10.8. The average Bonchev–Trinajstić information content (AvgIpc) is 3.31. The summed E-state index contributed by atoms with van der Waals surface area (Å²) in [6.45, 7) is 2.48. The second-order valence-corrected chi connectivity index (χ2v) is 9.58. The van der Waals surface area contributed by atoms with Crippen LogP contribution in [0, 0.1) is 0 Å². The van der Waals surface area contributed by atoms with Crippen LogP contribution < -0.4 is 4.74 Å². The van der Waals surface area contributed by atoms with Crippen molar-refractivity contribution in [2.24, 2.45) is 5.10 Å². The Hall–Kier alpha value is -2.16. The van der Waals surface area contributed by atoms with E-state index in [2.05, 4.69) is 10.1 Å². The van der Waals surface area contributed by atoms with Crippen LogP contribution in [0.25, 0.3) is 10.9 Å². The lowest BCUT2D eigenvalue weighted by molar-refractivity contribution is 0.340. The van der Waals surface area contributed by atoms with E-state index in [0.717, 1.165) is 37.9 Å². The highest BCUT2D eigenvalue weighted by Gasteiger charge is 2.36. The molecule has 0 aliphatic carbocycles. The number of thiophene rings is 1. The van der Waals surface area contributed by atoms with Gasteiger partial charge in [-0.1, -0.05) is 17.7 Å². The fourth-order valence-corrected chi connectivity index (χ4v) is 5.14. The second-order valence-electron chi connectivity index (χ2n) is 6.44. The third-order valence-corrected chi connectivity index (χ3v) is 6.69. The zero-order chi connectivity index (χ0) is 19.9. The topological polar surface area (TPSA) is 71.9 Å². The monoisotopic (exact) mass is 435 g/mol. The molecule has 0 saturated heterocycles. The fourth-order valence-electron chi connectivity index (χ4n) is 3.26. The third kappa shape index (κ3) is 3.59. The SMILES string of the molecule is CCOc1ccc2nc(Cl)c(C3CC(c4cccs4)=NN3S(C)(=O)=O)cc2c1. The van der Waals surface area contributed by atoms with Crippen molar-refractivity contribution in [3.63, 3.8) is 0 Å². The zero-order valence-electron chi connectivity index (χ0n) is 15.3.